The van der Waals surface area contributed by atoms with Gasteiger partial charge in [0.2, 0.25) is 0 Å². The molecule has 0 nitrogen and oxygen atoms in total. The normalized spacial score (nSPS) is 12.3. The molecule has 0 bridgehead atoms. The van der Waals surface area contributed by atoms with Crippen molar-refractivity contribution in [1.29, 1.82) is 0 Å². The second kappa shape index (κ2) is 21.0. The first-order chi connectivity index (χ1) is 15.3. The molecule has 0 saturated heterocycles. The number of hydrogen-bond donors (Lipinski definition) is 0. The fraction of sp³-hybridized carbons (Fsp3) is 1.00. The predicted octanol–water partition coefficient (Wildman–Crippen LogP) is 13.9. The fourth-order valence-corrected chi connectivity index (χ4v) is 1.67. The molecule has 0 saturated carbocycles. The van der Waals surface area contributed by atoms with E-state index in [0.29, 0.717) is 27.1 Å². The first-order valence-corrected chi connectivity index (χ1v) is 15.3. The first kappa shape index (κ1) is 45.0. The Morgan fingerprint density at radius 2 is 0.600 bits per heavy atom. The molecular formula is C35H80. The minimum Gasteiger partial charge on any atom is -0.0649 e. The van der Waals surface area contributed by atoms with E-state index in [1.54, 1.807) is 0 Å². The van der Waals surface area contributed by atoms with E-state index in [1.807, 2.05) is 0 Å². The maximum absolute atomic E-state index is 2.35. The minimum atomic E-state index is 0.500. The van der Waals surface area contributed by atoms with E-state index in [-0.39, 0.29) is 0 Å². The van der Waals surface area contributed by atoms with Gasteiger partial charge in [-0.25, -0.2) is 0 Å². The molecule has 0 aromatic carbocycles. The predicted molar refractivity (Wildman–Crippen MR) is 172 cm³/mol. The Kier molecular flexibility index (Phi) is 27.0. The van der Waals surface area contributed by atoms with Gasteiger partial charge in [-0.1, -0.05) is 191 Å². The summed E-state index contributed by atoms with van der Waals surface area (Å²) in [7, 11) is 0. The standard InChI is InChI=1S/C9H20.C8H18.C7H16.C6H14.C5H12/c1-7(2)9(5,6)8(3)4;1-5-8(4,6-2)7-3;1-5-7(3,4)6-2;1-5-6(2,3)4;1-5(2,3)4/h7-8H,1-6H3;5-7H2,1-4H3;5-6H2,1-4H3;5H2,1-4H3;1-4H3. The molecule has 0 spiro atoms. The lowest BCUT2D eigenvalue weighted by Gasteiger charge is -2.33. The number of hydrogen-bond acceptors (Lipinski definition) is 0. The van der Waals surface area contributed by atoms with Crippen LogP contribution in [0.1, 0.15) is 191 Å². The monoisotopic (exact) mass is 501 g/mol. The lowest BCUT2D eigenvalue weighted by atomic mass is 9.72. The lowest BCUT2D eigenvalue weighted by molar-refractivity contribution is 0.165. The van der Waals surface area contributed by atoms with Gasteiger partial charge in [-0.2, -0.15) is 0 Å². The zero-order valence-electron chi connectivity index (χ0n) is 29.9. The summed E-state index contributed by atoms with van der Waals surface area (Å²) in [6.07, 6.45) is 7.82. The quantitative estimate of drug-likeness (QED) is 0.326. The molecule has 220 valence electrons. The Hall–Kier alpha value is 0. The molecular weight excluding hydrogens is 420 g/mol. The summed E-state index contributed by atoms with van der Waals surface area (Å²) in [4.78, 5) is 0. The molecule has 0 aromatic rings. The van der Waals surface area contributed by atoms with Gasteiger partial charge in [-0.15, -0.1) is 0 Å². The minimum absolute atomic E-state index is 0.500. The average molecular weight is 501 g/mol. The van der Waals surface area contributed by atoms with Crippen molar-refractivity contribution in [1.82, 2.24) is 0 Å². The van der Waals surface area contributed by atoms with Gasteiger partial charge in [0.05, 0.1) is 0 Å². The van der Waals surface area contributed by atoms with E-state index >= 15 is 0 Å². The van der Waals surface area contributed by atoms with Crippen molar-refractivity contribution in [2.24, 2.45) is 38.9 Å². The molecule has 0 rings (SSSR count). The van der Waals surface area contributed by atoms with Crippen molar-refractivity contribution < 1.29 is 0 Å². The molecule has 0 N–H and O–H groups in total. The highest BCUT2D eigenvalue weighted by Gasteiger charge is 2.25. The fourth-order valence-electron chi connectivity index (χ4n) is 1.67. The largest absolute Gasteiger partial charge is 0.0649 e. The van der Waals surface area contributed by atoms with Crippen molar-refractivity contribution in [2.75, 3.05) is 0 Å². The van der Waals surface area contributed by atoms with Gasteiger partial charge in [0, 0.05) is 0 Å². The number of rotatable bonds is 7. The Bertz CT molecular complexity index is 386. The molecule has 0 aliphatic carbocycles. The highest BCUT2D eigenvalue weighted by atomic mass is 14.3. The zero-order valence-corrected chi connectivity index (χ0v) is 29.9. The van der Waals surface area contributed by atoms with Crippen LogP contribution >= 0.6 is 0 Å². The van der Waals surface area contributed by atoms with Crippen LogP contribution in [0.5, 0.6) is 0 Å². The molecule has 35 heavy (non-hydrogen) atoms. The van der Waals surface area contributed by atoms with Gasteiger partial charge in [-0.3, -0.25) is 0 Å². The summed E-state index contributed by atoms with van der Waals surface area (Å²) in [6.45, 7) is 49.8. The average Bonchev–Trinajstić information content (AvgIpc) is 2.72. The van der Waals surface area contributed by atoms with Crippen LogP contribution in [0.4, 0.5) is 0 Å². The second-order valence-electron chi connectivity index (χ2n) is 15.8. The molecule has 0 radical (unpaired) electrons. The van der Waals surface area contributed by atoms with Crippen molar-refractivity contribution in [3.63, 3.8) is 0 Å². The van der Waals surface area contributed by atoms with Crippen LogP contribution in [0.15, 0.2) is 0 Å². The molecule has 0 amide bonds. The summed E-state index contributed by atoms with van der Waals surface area (Å²) in [5.74, 6) is 1.58. The summed E-state index contributed by atoms with van der Waals surface area (Å²) >= 11 is 0. The molecule has 0 heteroatoms. The van der Waals surface area contributed by atoms with Gasteiger partial charge in [-0.05, 0) is 38.9 Å². The van der Waals surface area contributed by atoms with E-state index in [2.05, 4.69) is 152 Å². The summed E-state index contributed by atoms with van der Waals surface area (Å²) in [5, 5.41) is 0. The third-order valence-electron chi connectivity index (χ3n) is 8.51. The van der Waals surface area contributed by atoms with Crippen molar-refractivity contribution in [3.8, 4) is 0 Å². The molecule has 0 unspecified atom stereocenters. The summed E-state index contributed by atoms with van der Waals surface area (Å²) < 4.78 is 0. The van der Waals surface area contributed by atoms with Crippen LogP contribution in [0.2, 0.25) is 0 Å². The lowest BCUT2D eigenvalue weighted by Crippen LogP contribution is -2.25. The van der Waals surface area contributed by atoms with Crippen molar-refractivity contribution in [2.45, 2.75) is 191 Å². The maximum atomic E-state index is 2.35. The Morgan fingerprint density at radius 3 is 0.600 bits per heavy atom. The van der Waals surface area contributed by atoms with E-state index in [9.17, 15) is 0 Å². The second-order valence-corrected chi connectivity index (χ2v) is 15.8. The van der Waals surface area contributed by atoms with Crippen LogP contribution in [0.3, 0.4) is 0 Å². The van der Waals surface area contributed by atoms with Gasteiger partial charge >= 0.3 is 0 Å². The van der Waals surface area contributed by atoms with Gasteiger partial charge < -0.3 is 0 Å². The van der Waals surface area contributed by atoms with E-state index < -0.39 is 0 Å². The Balaban J connectivity index is -0.000000109. The van der Waals surface area contributed by atoms with Gasteiger partial charge in [0.1, 0.15) is 0 Å². The van der Waals surface area contributed by atoms with Crippen molar-refractivity contribution >= 4 is 0 Å². The molecule has 0 heterocycles. The van der Waals surface area contributed by atoms with E-state index in [4.69, 9.17) is 0 Å². The third-order valence-corrected chi connectivity index (χ3v) is 8.51. The van der Waals surface area contributed by atoms with Crippen LogP contribution in [-0.2, 0) is 0 Å². The first-order valence-electron chi connectivity index (χ1n) is 15.3. The van der Waals surface area contributed by atoms with E-state index in [1.165, 1.54) is 38.5 Å². The highest BCUT2D eigenvalue weighted by Crippen LogP contribution is 2.34. The highest BCUT2D eigenvalue weighted by molar-refractivity contribution is 4.75. The van der Waals surface area contributed by atoms with Crippen LogP contribution in [-0.4, -0.2) is 0 Å². The maximum Gasteiger partial charge on any atom is -0.0308 e. The molecule has 0 aliphatic rings. The van der Waals surface area contributed by atoms with Crippen LogP contribution in [0.25, 0.3) is 0 Å². The molecule has 0 fully saturated rings. The van der Waals surface area contributed by atoms with Crippen molar-refractivity contribution in [3.05, 3.63) is 0 Å². The van der Waals surface area contributed by atoms with Gasteiger partial charge in [0.15, 0.2) is 0 Å². The molecule has 0 aromatic heterocycles. The van der Waals surface area contributed by atoms with E-state index in [0.717, 1.165) is 11.8 Å². The smallest absolute Gasteiger partial charge is 0.0308 e. The summed E-state index contributed by atoms with van der Waals surface area (Å²) in [5.41, 5.74) is 2.75. The van der Waals surface area contributed by atoms with Crippen LogP contribution < -0.4 is 0 Å². The molecule has 0 atom stereocenters. The van der Waals surface area contributed by atoms with Gasteiger partial charge in [0.25, 0.3) is 0 Å². The Labute approximate surface area is 229 Å². The topological polar surface area (TPSA) is 0 Å². The zero-order chi connectivity index (χ0) is 29.9. The third kappa shape index (κ3) is 38.7. The summed E-state index contributed by atoms with van der Waals surface area (Å²) in [6, 6.07) is 0. The molecule has 0 aliphatic heterocycles. The SMILES string of the molecule is CC(C)(C)C.CC(C)C(C)(C)C(C)C.CCC(C)(C)C.CCC(C)(C)CC.CCC(C)(CC)CC. The van der Waals surface area contributed by atoms with Crippen LogP contribution in [0, 0.1) is 38.9 Å². The Morgan fingerprint density at radius 1 is 0.400 bits per heavy atom.